The van der Waals surface area contributed by atoms with Crippen LogP contribution in [0.3, 0.4) is 0 Å². The van der Waals surface area contributed by atoms with E-state index in [4.69, 9.17) is 11.6 Å². The molecule has 0 amide bonds. The Morgan fingerprint density at radius 1 is 1.31 bits per heavy atom. The van der Waals surface area contributed by atoms with Gasteiger partial charge in [-0.05, 0) is 25.9 Å². The Kier molecular flexibility index (Phi) is 3.14. The summed E-state index contributed by atoms with van der Waals surface area (Å²) >= 11 is 7.20. The number of halogens is 1. The van der Waals surface area contributed by atoms with Crippen molar-refractivity contribution < 1.29 is 0 Å². The van der Waals surface area contributed by atoms with Crippen molar-refractivity contribution in [2.24, 2.45) is 0 Å². The number of aromatic nitrogens is 2. The van der Waals surface area contributed by atoms with Gasteiger partial charge in [0.05, 0.1) is 0 Å². The minimum Gasteiger partial charge on any atom is -0.297 e. The molecule has 0 aliphatic carbocycles. The van der Waals surface area contributed by atoms with E-state index in [1.165, 1.54) is 43.9 Å². The molecule has 2 rings (SSSR count). The van der Waals surface area contributed by atoms with Crippen molar-refractivity contribution in [2.45, 2.75) is 25.8 Å². The van der Waals surface area contributed by atoms with Crippen LogP contribution in [0.15, 0.2) is 0 Å². The lowest BCUT2D eigenvalue weighted by Crippen LogP contribution is -2.29. The highest BCUT2D eigenvalue weighted by molar-refractivity contribution is 7.10. The van der Waals surface area contributed by atoms with Crippen molar-refractivity contribution in [1.29, 1.82) is 0 Å². The summed E-state index contributed by atoms with van der Waals surface area (Å²) in [4.78, 5) is 2.39. The summed E-state index contributed by atoms with van der Waals surface area (Å²) in [5, 5.41) is 4.00. The van der Waals surface area contributed by atoms with Crippen LogP contribution in [0.25, 0.3) is 0 Å². The van der Waals surface area contributed by atoms with Crippen molar-refractivity contribution in [3.63, 3.8) is 0 Å². The first kappa shape index (κ1) is 9.37. The SMILES string of the molecule is Clc1snnc1CN1CCCCC1. The number of piperidine rings is 1. The summed E-state index contributed by atoms with van der Waals surface area (Å²) in [7, 11) is 0. The highest BCUT2D eigenvalue weighted by atomic mass is 35.5. The second-order valence-electron chi connectivity index (χ2n) is 3.33. The lowest BCUT2D eigenvalue weighted by Gasteiger charge is -2.25. The molecule has 1 fully saturated rings. The predicted molar refractivity (Wildman–Crippen MR) is 54.0 cm³/mol. The monoisotopic (exact) mass is 217 g/mol. The van der Waals surface area contributed by atoms with Crippen LogP contribution < -0.4 is 0 Å². The van der Waals surface area contributed by atoms with Gasteiger partial charge in [-0.1, -0.05) is 22.5 Å². The minimum absolute atomic E-state index is 0.741. The normalized spacial score (nSPS) is 19.2. The molecule has 1 aromatic heterocycles. The second kappa shape index (κ2) is 4.35. The average Bonchev–Trinajstić information content (AvgIpc) is 2.54. The van der Waals surface area contributed by atoms with Gasteiger partial charge in [-0.2, -0.15) is 0 Å². The van der Waals surface area contributed by atoms with Gasteiger partial charge in [-0.15, -0.1) is 5.10 Å². The molecule has 13 heavy (non-hydrogen) atoms. The van der Waals surface area contributed by atoms with Gasteiger partial charge in [0.2, 0.25) is 0 Å². The number of likely N-dealkylation sites (tertiary alicyclic amines) is 1. The molecule has 3 nitrogen and oxygen atoms in total. The molecule has 5 heteroatoms. The summed E-state index contributed by atoms with van der Waals surface area (Å²) < 4.78 is 4.56. The molecule has 0 atom stereocenters. The van der Waals surface area contributed by atoms with Crippen LogP contribution in [0.2, 0.25) is 4.34 Å². The van der Waals surface area contributed by atoms with Gasteiger partial charge in [-0.3, -0.25) is 4.90 Å². The summed E-state index contributed by atoms with van der Waals surface area (Å²) in [6, 6.07) is 0. The van der Waals surface area contributed by atoms with Crippen molar-refractivity contribution in [2.75, 3.05) is 13.1 Å². The van der Waals surface area contributed by atoms with Crippen LogP contribution in [0.4, 0.5) is 0 Å². The van der Waals surface area contributed by atoms with Crippen LogP contribution in [0.5, 0.6) is 0 Å². The molecule has 2 heterocycles. The minimum atomic E-state index is 0.741. The quantitative estimate of drug-likeness (QED) is 0.761. The first-order chi connectivity index (χ1) is 6.36. The molecule has 1 saturated heterocycles. The van der Waals surface area contributed by atoms with Crippen LogP contribution >= 0.6 is 23.1 Å². The Labute approximate surface area is 86.9 Å². The van der Waals surface area contributed by atoms with Crippen molar-refractivity contribution in [3.05, 3.63) is 10.0 Å². The lowest BCUT2D eigenvalue weighted by molar-refractivity contribution is 0.218. The number of hydrogen-bond acceptors (Lipinski definition) is 4. The molecule has 0 aromatic carbocycles. The standard InChI is InChI=1S/C8H12ClN3S/c9-8-7(10-11-13-8)6-12-4-2-1-3-5-12/h1-6H2. The zero-order chi connectivity index (χ0) is 9.10. The van der Waals surface area contributed by atoms with Crippen molar-refractivity contribution in [1.82, 2.24) is 14.5 Å². The van der Waals surface area contributed by atoms with Gasteiger partial charge in [-0.25, -0.2) is 0 Å². The third-order valence-corrected chi connectivity index (χ3v) is 3.32. The van der Waals surface area contributed by atoms with Crippen LogP contribution in [-0.2, 0) is 6.54 Å². The van der Waals surface area contributed by atoms with Gasteiger partial charge in [0.25, 0.3) is 0 Å². The molecule has 0 N–H and O–H groups in total. The van der Waals surface area contributed by atoms with E-state index >= 15 is 0 Å². The van der Waals surface area contributed by atoms with Gasteiger partial charge in [0.15, 0.2) is 0 Å². The Bertz CT molecular complexity index is 270. The highest BCUT2D eigenvalue weighted by Gasteiger charge is 2.13. The smallest absolute Gasteiger partial charge is 0.138 e. The number of nitrogens with zero attached hydrogens (tertiary/aromatic N) is 3. The number of hydrogen-bond donors (Lipinski definition) is 0. The molecule has 0 bridgehead atoms. The third kappa shape index (κ3) is 2.39. The summed E-state index contributed by atoms with van der Waals surface area (Å²) in [6.45, 7) is 3.22. The average molecular weight is 218 g/mol. The van der Waals surface area contributed by atoms with Crippen LogP contribution in [0.1, 0.15) is 25.0 Å². The van der Waals surface area contributed by atoms with E-state index in [0.29, 0.717) is 0 Å². The number of rotatable bonds is 2. The zero-order valence-electron chi connectivity index (χ0n) is 7.37. The summed E-state index contributed by atoms with van der Waals surface area (Å²) in [5.41, 5.74) is 0.938. The lowest BCUT2D eigenvalue weighted by atomic mass is 10.1. The maximum absolute atomic E-state index is 5.93. The molecule has 0 radical (unpaired) electrons. The molecule has 0 spiro atoms. The largest absolute Gasteiger partial charge is 0.297 e. The molecule has 0 unspecified atom stereocenters. The van der Waals surface area contributed by atoms with Crippen LogP contribution in [0, 0.1) is 0 Å². The third-order valence-electron chi connectivity index (χ3n) is 2.33. The zero-order valence-corrected chi connectivity index (χ0v) is 8.94. The molecule has 1 aliphatic heterocycles. The first-order valence-corrected chi connectivity index (χ1v) is 5.70. The van der Waals surface area contributed by atoms with E-state index in [-0.39, 0.29) is 0 Å². The highest BCUT2D eigenvalue weighted by Crippen LogP contribution is 2.20. The van der Waals surface area contributed by atoms with Gasteiger partial charge < -0.3 is 0 Å². The van der Waals surface area contributed by atoms with Gasteiger partial charge in [0.1, 0.15) is 10.0 Å². The van der Waals surface area contributed by atoms with Gasteiger partial charge in [0, 0.05) is 18.1 Å². The van der Waals surface area contributed by atoms with Crippen molar-refractivity contribution >= 4 is 23.1 Å². The fraction of sp³-hybridized carbons (Fsp3) is 0.750. The van der Waals surface area contributed by atoms with E-state index in [1.807, 2.05) is 0 Å². The Morgan fingerprint density at radius 2 is 2.08 bits per heavy atom. The molecule has 1 aromatic rings. The maximum Gasteiger partial charge on any atom is 0.138 e. The van der Waals surface area contributed by atoms with Crippen molar-refractivity contribution in [3.8, 4) is 0 Å². The fourth-order valence-corrected chi connectivity index (χ4v) is 2.23. The maximum atomic E-state index is 5.93. The first-order valence-electron chi connectivity index (χ1n) is 4.55. The molecular weight excluding hydrogens is 206 g/mol. The molecular formula is C8H12ClN3S. The Morgan fingerprint density at radius 3 is 2.69 bits per heavy atom. The van der Waals surface area contributed by atoms with Crippen LogP contribution in [-0.4, -0.2) is 27.6 Å². The molecule has 0 saturated carbocycles. The van der Waals surface area contributed by atoms with E-state index in [9.17, 15) is 0 Å². The molecule has 72 valence electrons. The molecule has 1 aliphatic rings. The second-order valence-corrected chi connectivity index (χ2v) is 4.69. The Balaban J connectivity index is 1.93. The van der Waals surface area contributed by atoms with Gasteiger partial charge >= 0.3 is 0 Å². The van der Waals surface area contributed by atoms with E-state index in [1.54, 1.807) is 0 Å². The summed E-state index contributed by atoms with van der Waals surface area (Å²) in [5.74, 6) is 0. The van der Waals surface area contributed by atoms with E-state index in [0.717, 1.165) is 16.6 Å². The summed E-state index contributed by atoms with van der Waals surface area (Å²) in [6.07, 6.45) is 3.96. The topological polar surface area (TPSA) is 29.0 Å². The predicted octanol–water partition coefficient (Wildman–Crippen LogP) is 2.18. The van der Waals surface area contributed by atoms with E-state index in [2.05, 4.69) is 14.5 Å². The van der Waals surface area contributed by atoms with E-state index < -0.39 is 0 Å². The Hall–Kier alpha value is -0.190. The fourth-order valence-electron chi connectivity index (χ4n) is 1.62.